The molecule has 0 aromatic heterocycles. The zero-order chi connectivity index (χ0) is 17.9. The Kier molecular flexibility index (Phi) is 5.87. The van der Waals surface area contributed by atoms with Gasteiger partial charge < -0.3 is 10.1 Å². The summed E-state index contributed by atoms with van der Waals surface area (Å²) in [5.74, 6) is -1.45. The third kappa shape index (κ3) is 4.70. The Morgan fingerprint density at radius 3 is 2.17 bits per heavy atom. The van der Waals surface area contributed by atoms with Crippen molar-refractivity contribution < 1.29 is 27.5 Å². The van der Waals surface area contributed by atoms with Crippen LogP contribution < -0.4 is 5.32 Å². The minimum atomic E-state index is -4.45. The normalized spacial score (nSPS) is 14.2. The number of amides is 1. The number of hydrogen-bond donors (Lipinski definition) is 1. The van der Waals surface area contributed by atoms with Crippen LogP contribution in [0.3, 0.4) is 0 Å². The Hall–Kier alpha value is -1.61. The zero-order valence-corrected chi connectivity index (χ0v) is 14.4. The summed E-state index contributed by atoms with van der Waals surface area (Å²) < 4.78 is 43.2. The van der Waals surface area contributed by atoms with Crippen LogP contribution in [0.4, 0.5) is 18.9 Å². The number of rotatable bonds is 4. The molecule has 4 nitrogen and oxygen atoms in total. The molecular weight excluding hydrogens is 363 g/mol. The molecule has 1 fully saturated rings. The molecule has 1 saturated heterocycles. The number of halogens is 3. The molecule has 1 aromatic carbocycles. The summed E-state index contributed by atoms with van der Waals surface area (Å²) >= 11 is 2.69. The van der Waals surface area contributed by atoms with Gasteiger partial charge in [-0.3, -0.25) is 4.79 Å². The highest BCUT2D eigenvalue weighted by atomic mass is 32.3. The molecule has 1 heterocycles. The summed E-state index contributed by atoms with van der Waals surface area (Å²) in [4.78, 5) is 24.4. The van der Waals surface area contributed by atoms with Crippen LogP contribution in [0.15, 0.2) is 34.1 Å². The average molecular weight is 377 g/mol. The van der Waals surface area contributed by atoms with E-state index in [0.29, 0.717) is 4.24 Å². The number of nitrogens with one attached hydrogen (secondary N) is 1. The largest absolute Gasteiger partial charge is 0.459 e. The molecule has 0 unspecified atom stereocenters. The average Bonchev–Trinajstić information content (AvgIpc) is 2.41. The van der Waals surface area contributed by atoms with E-state index in [1.54, 1.807) is 13.8 Å². The quantitative estimate of drug-likeness (QED) is 0.368. The third-order valence-corrected chi connectivity index (χ3v) is 5.41. The van der Waals surface area contributed by atoms with Gasteiger partial charge in [0.2, 0.25) is 0 Å². The molecule has 0 radical (unpaired) electrons. The van der Waals surface area contributed by atoms with Crippen LogP contribution in [0.5, 0.6) is 0 Å². The fourth-order valence-corrected chi connectivity index (χ4v) is 3.32. The first kappa shape index (κ1) is 18.7. The molecule has 0 atom stereocenters. The van der Waals surface area contributed by atoms with Crippen LogP contribution >= 0.6 is 23.5 Å². The number of benzene rings is 1. The second kappa shape index (κ2) is 7.52. The van der Waals surface area contributed by atoms with Crippen molar-refractivity contribution in [3.63, 3.8) is 0 Å². The summed E-state index contributed by atoms with van der Waals surface area (Å²) in [6, 6.07) is 4.00. The van der Waals surface area contributed by atoms with Crippen molar-refractivity contribution in [1.82, 2.24) is 0 Å². The van der Waals surface area contributed by atoms with Gasteiger partial charge in [0, 0.05) is 10.8 Å². The Labute approximate surface area is 145 Å². The zero-order valence-electron chi connectivity index (χ0n) is 12.8. The van der Waals surface area contributed by atoms with Gasteiger partial charge in [-0.1, -0.05) is 0 Å². The molecule has 1 aliphatic rings. The Balaban J connectivity index is 2.15. The molecule has 1 N–H and O–H groups in total. The number of hydrogen-bond acceptors (Lipinski definition) is 5. The van der Waals surface area contributed by atoms with E-state index in [0.717, 1.165) is 29.4 Å². The number of alkyl halides is 3. The fourth-order valence-electron chi connectivity index (χ4n) is 1.74. The lowest BCUT2D eigenvalue weighted by Crippen LogP contribution is -2.26. The molecule has 1 aliphatic heterocycles. The molecule has 9 heteroatoms. The lowest BCUT2D eigenvalue weighted by atomic mass is 10.2. The van der Waals surface area contributed by atoms with E-state index < -0.39 is 23.6 Å². The minimum Gasteiger partial charge on any atom is -0.459 e. The van der Waals surface area contributed by atoms with Crippen LogP contribution in [-0.4, -0.2) is 23.1 Å². The van der Waals surface area contributed by atoms with Crippen LogP contribution in [-0.2, 0) is 20.5 Å². The molecule has 1 amide bonds. The van der Waals surface area contributed by atoms with Crippen molar-refractivity contribution in [3.8, 4) is 0 Å². The van der Waals surface area contributed by atoms with E-state index in [1.165, 1.54) is 23.5 Å². The second-order valence-electron chi connectivity index (χ2n) is 5.05. The molecule has 2 rings (SSSR count). The number of ether oxygens (including phenoxy) is 1. The molecule has 0 spiro atoms. The number of carbonyl (C=O) groups excluding carboxylic acids is 2. The van der Waals surface area contributed by atoms with Gasteiger partial charge in [0.25, 0.3) is 5.91 Å². The standard InChI is InChI=1S/C15H14F3NO3S2/c1-8(2)22-13(21)11(14-23-7-24-14)12(20)19-10-5-3-9(4-6-10)15(16,17)18/h3-6,8H,7H2,1-2H3,(H,19,20). The van der Waals surface area contributed by atoms with E-state index in [1.807, 2.05) is 0 Å². The first-order valence-corrected chi connectivity index (χ1v) is 8.85. The molecule has 24 heavy (non-hydrogen) atoms. The number of carbonyl (C=O) groups is 2. The second-order valence-corrected chi connectivity index (χ2v) is 7.65. The van der Waals surface area contributed by atoms with Crippen LogP contribution in [0.2, 0.25) is 0 Å². The Morgan fingerprint density at radius 2 is 1.75 bits per heavy atom. The van der Waals surface area contributed by atoms with Crippen molar-refractivity contribution in [2.24, 2.45) is 0 Å². The highest BCUT2D eigenvalue weighted by Crippen LogP contribution is 2.45. The topological polar surface area (TPSA) is 55.4 Å². The first-order valence-electron chi connectivity index (χ1n) is 6.88. The van der Waals surface area contributed by atoms with Gasteiger partial charge in [-0.15, -0.1) is 23.5 Å². The van der Waals surface area contributed by atoms with Crippen LogP contribution in [0.1, 0.15) is 19.4 Å². The van der Waals surface area contributed by atoms with Crippen molar-refractivity contribution >= 4 is 41.1 Å². The van der Waals surface area contributed by atoms with E-state index >= 15 is 0 Å². The molecule has 0 aliphatic carbocycles. The monoisotopic (exact) mass is 377 g/mol. The molecule has 0 bridgehead atoms. The third-order valence-electron chi connectivity index (χ3n) is 2.83. The molecular formula is C15H14F3NO3S2. The maximum Gasteiger partial charge on any atom is 0.416 e. The summed E-state index contributed by atoms with van der Waals surface area (Å²) in [6.45, 7) is 3.32. The van der Waals surface area contributed by atoms with Crippen molar-refractivity contribution in [2.75, 3.05) is 10.4 Å². The maximum atomic E-state index is 12.5. The highest BCUT2D eigenvalue weighted by molar-refractivity contribution is 8.37. The lowest BCUT2D eigenvalue weighted by Gasteiger charge is -2.20. The van der Waals surface area contributed by atoms with Gasteiger partial charge in [-0.2, -0.15) is 13.2 Å². The van der Waals surface area contributed by atoms with Crippen molar-refractivity contribution in [2.45, 2.75) is 26.1 Å². The van der Waals surface area contributed by atoms with E-state index in [9.17, 15) is 22.8 Å². The first-order chi connectivity index (χ1) is 11.2. The summed E-state index contributed by atoms with van der Waals surface area (Å²) in [5.41, 5.74) is -0.772. The van der Waals surface area contributed by atoms with E-state index in [4.69, 9.17) is 4.74 Å². The maximum absolute atomic E-state index is 12.5. The summed E-state index contributed by atoms with van der Waals surface area (Å²) in [5, 5.41) is 3.16. The van der Waals surface area contributed by atoms with E-state index in [-0.39, 0.29) is 17.4 Å². The molecule has 130 valence electrons. The van der Waals surface area contributed by atoms with Gasteiger partial charge in [-0.05, 0) is 38.1 Å². The van der Waals surface area contributed by atoms with Crippen molar-refractivity contribution in [1.29, 1.82) is 0 Å². The lowest BCUT2D eigenvalue weighted by molar-refractivity contribution is -0.143. The number of thioether (sulfide) groups is 2. The van der Waals surface area contributed by atoms with Crippen molar-refractivity contribution in [3.05, 3.63) is 39.6 Å². The summed E-state index contributed by atoms with van der Waals surface area (Å²) in [6.07, 6.45) is -4.84. The fraction of sp³-hybridized carbons (Fsp3) is 0.333. The molecule has 0 saturated carbocycles. The Bertz CT molecular complexity index is 664. The van der Waals surface area contributed by atoms with Crippen LogP contribution in [0, 0.1) is 0 Å². The predicted molar refractivity (Wildman–Crippen MR) is 88.4 cm³/mol. The SMILES string of the molecule is CC(C)OC(=O)C(C(=O)Nc1ccc(C(F)(F)F)cc1)=C1SCS1. The smallest absolute Gasteiger partial charge is 0.416 e. The van der Waals surface area contributed by atoms with Crippen LogP contribution in [0.25, 0.3) is 0 Å². The van der Waals surface area contributed by atoms with Gasteiger partial charge in [0.15, 0.2) is 0 Å². The number of esters is 1. The van der Waals surface area contributed by atoms with Gasteiger partial charge in [-0.25, -0.2) is 4.79 Å². The Morgan fingerprint density at radius 1 is 1.17 bits per heavy atom. The minimum absolute atomic E-state index is 0.121. The van der Waals surface area contributed by atoms with Gasteiger partial charge in [0.1, 0.15) is 5.57 Å². The molecule has 1 aromatic rings. The van der Waals surface area contributed by atoms with Gasteiger partial charge >= 0.3 is 12.1 Å². The number of anilines is 1. The highest BCUT2D eigenvalue weighted by Gasteiger charge is 2.31. The summed E-state index contributed by atoms with van der Waals surface area (Å²) in [7, 11) is 0. The van der Waals surface area contributed by atoms with E-state index in [2.05, 4.69) is 5.32 Å². The van der Waals surface area contributed by atoms with Gasteiger partial charge in [0.05, 0.1) is 15.9 Å². The predicted octanol–water partition coefficient (Wildman–Crippen LogP) is 4.24.